The average Bonchev–Trinajstić information content (AvgIpc) is 2.34. The molecular weight excluding hydrogens is 240 g/mol. The lowest BCUT2D eigenvalue weighted by Crippen LogP contribution is -2.15. The van der Waals surface area contributed by atoms with Crippen LogP contribution in [0.4, 0.5) is 5.82 Å². The summed E-state index contributed by atoms with van der Waals surface area (Å²) in [4.78, 5) is 20.9. The predicted molar refractivity (Wildman–Crippen MR) is 62.1 cm³/mol. The monoisotopic (exact) mass is 254 g/mol. The van der Waals surface area contributed by atoms with Gasteiger partial charge in [0.1, 0.15) is 5.82 Å². The Kier molecular flexibility index (Phi) is 5.52. The highest BCUT2D eigenvalue weighted by Gasteiger charge is 2.02. The number of rotatable bonds is 8. The fraction of sp³-hybridized carbons (Fsp3) is 0.400. The van der Waals surface area contributed by atoms with Crippen molar-refractivity contribution in [3.8, 4) is 0 Å². The first kappa shape index (κ1) is 13.8. The summed E-state index contributed by atoms with van der Waals surface area (Å²) in [5.74, 6) is -1.04. The number of ether oxygens (including phenoxy) is 1. The van der Waals surface area contributed by atoms with Crippen molar-refractivity contribution < 1.29 is 19.4 Å². The molecule has 0 aromatic carbocycles. The molecule has 0 unspecified atom stereocenters. The van der Waals surface area contributed by atoms with Gasteiger partial charge in [0.2, 0.25) is 0 Å². The maximum atomic E-state index is 10.7. The summed E-state index contributed by atoms with van der Waals surface area (Å²) >= 11 is 0. The molecule has 1 aromatic heterocycles. The minimum absolute atomic E-state index is 0.0207. The Morgan fingerprint density at radius 3 is 2.67 bits per heavy atom. The molecule has 18 heavy (non-hydrogen) atoms. The highest BCUT2D eigenvalue weighted by molar-refractivity contribution is 5.90. The van der Waals surface area contributed by atoms with Gasteiger partial charge in [-0.1, -0.05) is 0 Å². The second-order valence-corrected chi connectivity index (χ2v) is 3.35. The van der Waals surface area contributed by atoms with Crippen molar-refractivity contribution >= 4 is 17.7 Å². The largest absolute Gasteiger partial charge is 0.481 e. The van der Waals surface area contributed by atoms with Gasteiger partial charge in [0.25, 0.3) is 5.91 Å². The van der Waals surface area contributed by atoms with Crippen LogP contribution in [0.1, 0.15) is 16.9 Å². The van der Waals surface area contributed by atoms with Crippen molar-refractivity contribution in [2.45, 2.75) is 6.42 Å². The third-order valence-electron chi connectivity index (χ3n) is 1.93. The van der Waals surface area contributed by atoms with E-state index in [9.17, 15) is 9.59 Å². The number of carboxylic acid groups (broad SMARTS) is 1. The van der Waals surface area contributed by atoms with E-state index in [4.69, 9.17) is 15.6 Å². The maximum absolute atomic E-state index is 10.7. The van der Waals surface area contributed by atoms with Gasteiger partial charge in [-0.2, -0.15) is 0 Å². The summed E-state index contributed by atoms with van der Waals surface area (Å²) < 4.78 is 5.06. The van der Waals surface area contributed by atoms with E-state index in [1.54, 1.807) is 6.07 Å². The standard InChI is InChI=1S/C10H14N4O4/c11-10(17)7-1-2-8(14-13-7)12-4-6-18-5-3-9(15)16/h1-2H,3-6H2,(H2,11,17)(H,12,14)(H,15,16). The van der Waals surface area contributed by atoms with Crippen LogP contribution in [0.3, 0.4) is 0 Å². The molecule has 0 aliphatic heterocycles. The number of nitrogens with two attached hydrogens (primary N) is 1. The zero-order valence-corrected chi connectivity index (χ0v) is 9.63. The van der Waals surface area contributed by atoms with E-state index in [1.165, 1.54) is 6.07 Å². The highest BCUT2D eigenvalue weighted by atomic mass is 16.5. The smallest absolute Gasteiger partial charge is 0.305 e. The Labute approximate surface area is 103 Å². The molecule has 1 heterocycles. The number of aliphatic carboxylic acids is 1. The van der Waals surface area contributed by atoms with Crippen LogP contribution in [0.15, 0.2) is 12.1 Å². The molecule has 0 aliphatic rings. The van der Waals surface area contributed by atoms with E-state index in [0.717, 1.165) is 0 Å². The Morgan fingerprint density at radius 1 is 1.33 bits per heavy atom. The minimum Gasteiger partial charge on any atom is -0.481 e. The van der Waals surface area contributed by atoms with Gasteiger partial charge in [-0.25, -0.2) is 0 Å². The van der Waals surface area contributed by atoms with Crippen LogP contribution in [-0.4, -0.2) is 46.9 Å². The lowest BCUT2D eigenvalue weighted by Gasteiger charge is -2.05. The topological polar surface area (TPSA) is 127 Å². The van der Waals surface area contributed by atoms with Gasteiger partial charge in [-0.15, -0.1) is 10.2 Å². The number of hydrogen-bond donors (Lipinski definition) is 3. The van der Waals surface area contributed by atoms with Crippen LogP contribution in [0.5, 0.6) is 0 Å². The number of nitrogens with zero attached hydrogens (tertiary/aromatic N) is 2. The van der Waals surface area contributed by atoms with E-state index in [-0.39, 0.29) is 18.7 Å². The predicted octanol–water partition coefficient (Wildman–Crippen LogP) is -0.521. The molecule has 0 saturated heterocycles. The fourth-order valence-corrected chi connectivity index (χ4v) is 1.07. The first-order valence-corrected chi connectivity index (χ1v) is 5.26. The summed E-state index contributed by atoms with van der Waals surface area (Å²) in [6.07, 6.45) is -0.0207. The molecule has 0 bridgehead atoms. The van der Waals surface area contributed by atoms with Crippen molar-refractivity contribution in [3.63, 3.8) is 0 Å². The van der Waals surface area contributed by atoms with Crippen LogP contribution >= 0.6 is 0 Å². The number of hydrogen-bond acceptors (Lipinski definition) is 6. The van der Waals surface area contributed by atoms with Crippen molar-refractivity contribution in [2.24, 2.45) is 5.73 Å². The quantitative estimate of drug-likeness (QED) is 0.532. The van der Waals surface area contributed by atoms with Gasteiger partial charge < -0.3 is 20.9 Å². The number of carboxylic acids is 1. The second-order valence-electron chi connectivity index (χ2n) is 3.35. The Bertz CT molecular complexity index is 407. The van der Waals surface area contributed by atoms with Gasteiger partial charge in [-0.05, 0) is 12.1 Å². The molecule has 98 valence electrons. The maximum Gasteiger partial charge on any atom is 0.305 e. The number of nitrogens with one attached hydrogen (secondary N) is 1. The minimum atomic E-state index is -0.893. The zero-order chi connectivity index (χ0) is 13.4. The van der Waals surface area contributed by atoms with Gasteiger partial charge in [0.15, 0.2) is 5.69 Å². The summed E-state index contributed by atoms with van der Waals surface area (Å²) in [6, 6.07) is 3.04. The molecule has 0 spiro atoms. The molecule has 0 radical (unpaired) electrons. The molecule has 1 aromatic rings. The molecule has 8 nitrogen and oxygen atoms in total. The number of primary amides is 1. The second kappa shape index (κ2) is 7.17. The number of carbonyl (C=O) groups is 2. The van der Waals surface area contributed by atoms with Crippen LogP contribution in [0.2, 0.25) is 0 Å². The van der Waals surface area contributed by atoms with E-state index < -0.39 is 11.9 Å². The number of aromatic nitrogens is 2. The van der Waals surface area contributed by atoms with Crippen molar-refractivity contribution in [1.82, 2.24) is 10.2 Å². The summed E-state index contributed by atoms with van der Waals surface area (Å²) in [5, 5.41) is 18.6. The van der Waals surface area contributed by atoms with Crippen LogP contribution in [0, 0.1) is 0 Å². The normalized spacial score (nSPS) is 10.0. The van der Waals surface area contributed by atoms with Crippen LogP contribution < -0.4 is 11.1 Å². The summed E-state index contributed by atoms with van der Waals surface area (Å²) in [5.41, 5.74) is 5.11. The SMILES string of the molecule is NC(=O)c1ccc(NCCOCCC(=O)O)nn1. The summed E-state index contributed by atoms with van der Waals surface area (Å²) in [7, 11) is 0. The van der Waals surface area contributed by atoms with E-state index in [2.05, 4.69) is 15.5 Å². The van der Waals surface area contributed by atoms with Gasteiger partial charge in [-0.3, -0.25) is 9.59 Å². The molecule has 0 saturated carbocycles. The first-order valence-electron chi connectivity index (χ1n) is 5.26. The molecule has 1 amide bonds. The Hall–Kier alpha value is -2.22. The third-order valence-corrected chi connectivity index (χ3v) is 1.93. The molecular formula is C10H14N4O4. The molecule has 0 aliphatic carbocycles. The van der Waals surface area contributed by atoms with E-state index >= 15 is 0 Å². The number of anilines is 1. The van der Waals surface area contributed by atoms with Crippen molar-refractivity contribution in [3.05, 3.63) is 17.8 Å². The van der Waals surface area contributed by atoms with Crippen LogP contribution in [-0.2, 0) is 9.53 Å². The van der Waals surface area contributed by atoms with Crippen molar-refractivity contribution in [1.29, 1.82) is 0 Å². The Balaban J connectivity index is 2.19. The summed E-state index contributed by atoms with van der Waals surface area (Å²) in [6.45, 7) is 0.986. The van der Waals surface area contributed by atoms with Gasteiger partial charge in [0.05, 0.1) is 19.6 Å². The van der Waals surface area contributed by atoms with E-state index in [0.29, 0.717) is 19.0 Å². The van der Waals surface area contributed by atoms with E-state index in [1.807, 2.05) is 0 Å². The molecule has 0 fully saturated rings. The van der Waals surface area contributed by atoms with Gasteiger partial charge in [0, 0.05) is 6.54 Å². The third kappa shape index (κ3) is 5.21. The van der Waals surface area contributed by atoms with Crippen molar-refractivity contribution in [2.75, 3.05) is 25.1 Å². The molecule has 0 atom stereocenters. The molecule has 1 rings (SSSR count). The lowest BCUT2D eigenvalue weighted by molar-refractivity contribution is -0.138. The number of carbonyl (C=O) groups excluding carboxylic acids is 1. The highest BCUT2D eigenvalue weighted by Crippen LogP contribution is 2.00. The van der Waals surface area contributed by atoms with Crippen LogP contribution in [0.25, 0.3) is 0 Å². The number of amides is 1. The molecule has 8 heteroatoms. The first-order chi connectivity index (χ1) is 8.59. The lowest BCUT2D eigenvalue weighted by atomic mass is 10.4. The fourth-order valence-electron chi connectivity index (χ4n) is 1.07. The zero-order valence-electron chi connectivity index (χ0n) is 9.63. The Morgan fingerprint density at radius 2 is 2.11 bits per heavy atom. The van der Waals surface area contributed by atoms with Gasteiger partial charge >= 0.3 is 5.97 Å². The average molecular weight is 254 g/mol. The molecule has 4 N–H and O–H groups in total.